The van der Waals surface area contributed by atoms with Crippen molar-refractivity contribution in [1.29, 1.82) is 0 Å². The third-order valence-corrected chi connectivity index (χ3v) is 5.53. The minimum absolute atomic E-state index is 0.247. The van der Waals surface area contributed by atoms with E-state index in [0.29, 0.717) is 18.9 Å². The minimum Gasteiger partial charge on any atom is -0.455 e. The summed E-state index contributed by atoms with van der Waals surface area (Å²) in [6.45, 7) is 6.21. The molecule has 0 radical (unpaired) electrons. The first-order valence-corrected chi connectivity index (χ1v) is 10.4. The van der Waals surface area contributed by atoms with Gasteiger partial charge in [0.25, 0.3) is 0 Å². The van der Waals surface area contributed by atoms with Crippen LogP contribution in [0.1, 0.15) is 32.8 Å². The van der Waals surface area contributed by atoms with Crippen molar-refractivity contribution in [1.82, 2.24) is 14.8 Å². The fourth-order valence-electron chi connectivity index (χ4n) is 3.91. The average molecular weight is 421 g/mol. The molecule has 1 fully saturated rings. The van der Waals surface area contributed by atoms with Crippen molar-refractivity contribution in [2.24, 2.45) is 5.41 Å². The summed E-state index contributed by atoms with van der Waals surface area (Å²) < 4.78 is 19.3. The Morgan fingerprint density at radius 1 is 1.26 bits per heavy atom. The summed E-state index contributed by atoms with van der Waals surface area (Å²) in [5, 5.41) is 6.56. The highest BCUT2D eigenvalue weighted by molar-refractivity contribution is 5.93. The molecule has 4 rings (SSSR count). The number of fused-ring (bicyclic) bond motifs is 1. The molecule has 2 aromatic carbocycles. The van der Waals surface area contributed by atoms with Crippen LogP contribution < -0.4 is 0 Å². The van der Waals surface area contributed by atoms with Gasteiger partial charge in [0.2, 0.25) is 0 Å². The van der Waals surface area contributed by atoms with Crippen molar-refractivity contribution in [3.05, 3.63) is 60.7 Å². The van der Waals surface area contributed by atoms with Gasteiger partial charge in [-0.1, -0.05) is 56.3 Å². The summed E-state index contributed by atoms with van der Waals surface area (Å²) in [7, 11) is 0. The Balaban J connectivity index is 1.83. The quantitative estimate of drug-likeness (QED) is 0.557. The molecule has 0 amide bonds. The highest BCUT2D eigenvalue weighted by atomic mass is 16.7. The Labute approximate surface area is 181 Å². The molecule has 7 heteroatoms. The predicted molar refractivity (Wildman–Crippen MR) is 118 cm³/mol. The van der Waals surface area contributed by atoms with E-state index in [1.165, 1.54) is 13.3 Å². The molecule has 1 aliphatic rings. The Morgan fingerprint density at radius 2 is 2.00 bits per heavy atom. The van der Waals surface area contributed by atoms with E-state index in [1.54, 1.807) is 11.0 Å². The summed E-state index contributed by atoms with van der Waals surface area (Å²) in [5.74, 6) is -0.382. The number of carbonyl (C=O) groups is 1. The van der Waals surface area contributed by atoms with E-state index in [2.05, 4.69) is 28.3 Å². The van der Waals surface area contributed by atoms with Gasteiger partial charge in [-0.05, 0) is 28.8 Å². The van der Waals surface area contributed by atoms with Gasteiger partial charge in [-0.3, -0.25) is 4.79 Å². The summed E-state index contributed by atoms with van der Waals surface area (Å²) in [4.78, 5) is 16.2. The maximum atomic E-state index is 12.1. The Hall–Kier alpha value is -3.03. The molecule has 1 saturated heterocycles. The molecule has 1 unspecified atom stereocenters. The standard InChI is InChI=1S/C24H27N3O4/c1-4-22-29-13-24(3,14-30-22)23(31-17(2)28)21(27-16-25-15-26-27)12-19-10-7-9-18-8-5-6-11-20(18)19/h5-12,15-16,22-23H,4,13-14H2,1-3H3. The van der Waals surface area contributed by atoms with Gasteiger partial charge in [0.05, 0.1) is 24.3 Å². The van der Waals surface area contributed by atoms with E-state index >= 15 is 0 Å². The molecular weight excluding hydrogens is 394 g/mol. The molecule has 0 spiro atoms. The lowest BCUT2D eigenvalue weighted by Crippen LogP contribution is -2.49. The molecule has 0 aliphatic carbocycles. The highest BCUT2D eigenvalue weighted by Crippen LogP contribution is 2.37. The molecule has 7 nitrogen and oxygen atoms in total. The minimum atomic E-state index is -0.650. The largest absolute Gasteiger partial charge is 0.455 e. The third-order valence-electron chi connectivity index (χ3n) is 5.53. The summed E-state index contributed by atoms with van der Waals surface area (Å²) >= 11 is 0. The van der Waals surface area contributed by atoms with E-state index < -0.39 is 11.5 Å². The van der Waals surface area contributed by atoms with Crippen LogP contribution in [-0.2, 0) is 19.0 Å². The van der Waals surface area contributed by atoms with Crippen molar-refractivity contribution in [3.8, 4) is 0 Å². The fourth-order valence-corrected chi connectivity index (χ4v) is 3.91. The van der Waals surface area contributed by atoms with Crippen LogP contribution in [0.15, 0.2) is 55.1 Å². The number of rotatable bonds is 6. The van der Waals surface area contributed by atoms with Crippen LogP contribution in [0.3, 0.4) is 0 Å². The summed E-state index contributed by atoms with van der Waals surface area (Å²) in [6.07, 6.45) is 4.94. The number of carbonyl (C=O) groups excluding carboxylic acids is 1. The lowest BCUT2D eigenvalue weighted by Gasteiger charge is -2.42. The van der Waals surface area contributed by atoms with Crippen molar-refractivity contribution >= 4 is 28.5 Å². The molecule has 1 aromatic heterocycles. The Morgan fingerprint density at radius 3 is 2.68 bits per heavy atom. The van der Waals surface area contributed by atoms with Gasteiger partial charge in [-0.2, -0.15) is 5.10 Å². The van der Waals surface area contributed by atoms with Gasteiger partial charge < -0.3 is 14.2 Å². The molecule has 0 N–H and O–H groups in total. The maximum Gasteiger partial charge on any atom is 0.303 e. The van der Waals surface area contributed by atoms with E-state index in [1.807, 2.05) is 44.2 Å². The number of hydrogen-bond donors (Lipinski definition) is 0. The van der Waals surface area contributed by atoms with Crippen molar-refractivity contribution < 1.29 is 19.0 Å². The van der Waals surface area contributed by atoms with Crippen LogP contribution in [0.2, 0.25) is 0 Å². The second-order valence-corrected chi connectivity index (χ2v) is 8.08. The smallest absolute Gasteiger partial charge is 0.303 e. The number of benzene rings is 2. The molecule has 1 aliphatic heterocycles. The van der Waals surface area contributed by atoms with Crippen LogP contribution in [0.5, 0.6) is 0 Å². The van der Waals surface area contributed by atoms with Gasteiger partial charge in [0.1, 0.15) is 12.7 Å². The molecule has 1 atom stereocenters. The first kappa shape index (κ1) is 21.2. The van der Waals surface area contributed by atoms with Crippen LogP contribution in [-0.4, -0.2) is 46.3 Å². The average Bonchev–Trinajstić information content (AvgIpc) is 3.31. The molecule has 3 aromatic rings. The Bertz CT molecular complexity index is 1060. The van der Waals surface area contributed by atoms with Gasteiger partial charge in [-0.15, -0.1) is 0 Å². The normalized spacial score (nSPS) is 22.9. The van der Waals surface area contributed by atoms with Crippen molar-refractivity contribution in [2.45, 2.75) is 39.6 Å². The van der Waals surface area contributed by atoms with E-state index in [4.69, 9.17) is 14.2 Å². The zero-order chi connectivity index (χ0) is 21.8. The first-order chi connectivity index (χ1) is 15.0. The van der Waals surface area contributed by atoms with E-state index in [0.717, 1.165) is 22.8 Å². The van der Waals surface area contributed by atoms with Gasteiger partial charge in [0.15, 0.2) is 12.4 Å². The van der Waals surface area contributed by atoms with E-state index in [9.17, 15) is 4.79 Å². The van der Waals surface area contributed by atoms with Gasteiger partial charge in [-0.25, -0.2) is 9.67 Å². The highest BCUT2D eigenvalue weighted by Gasteiger charge is 2.44. The monoisotopic (exact) mass is 421 g/mol. The van der Waals surface area contributed by atoms with E-state index in [-0.39, 0.29) is 12.3 Å². The third kappa shape index (κ3) is 4.52. The van der Waals surface area contributed by atoms with Crippen LogP contribution in [0.25, 0.3) is 22.5 Å². The molecule has 0 saturated carbocycles. The SMILES string of the molecule is CCC1OCC(C)(C(OC(C)=O)C(=Cc2cccc3ccccc23)n2cncn2)CO1. The zero-order valence-electron chi connectivity index (χ0n) is 18.0. The lowest BCUT2D eigenvalue weighted by atomic mass is 9.82. The van der Waals surface area contributed by atoms with Crippen LogP contribution in [0.4, 0.5) is 0 Å². The first-order valence-electron chi connectivity index (χ1n) is 10.4. The topological polar surface area (TPSA) is 75.5 Å². The van der Waals surface area contributed by atoms with Crippen molar-refractivity contribution in [2.75, 3.05) is 13.2 Å². The molecule has 0 bridgehead atoms. The molecule has 162 valence electrons. The number of hydrogen-bond acceptors (Lipinski definition) is 6. The zero-order valence-corrected chi connectivity index (χ0v) is 18.0. The Kier molecular flexibility index (Phi) is 6.15. The number of esters is 1. The summed E-state index contributed by atoms with van der Waals surface area (Å²) in [5.41, 5.74) is 1.09. The fraction of sp³-hybridized carbons (Fsp3) is 0.375. The lowest BCUT2D eigenvalue weighted by molar-refractivity contribution is -0.242. The number of aromatic nitrogens is 3. The number of nitrogens with zero attached hydrogens (tertiary/aromatic N) is 3. The number of ether oxygens (including phenoxy) is 3. The molecular formula is C24H27N3O4. The maximum absolute atomic E-state index is 12.1. The predicted octanol–water partition coefficient (Wildman–Crippen LogP) is 4.15. The summed E-state index contributed by atoms with van der Waals surface area (Å²) in [6, 6.07) is 14.3. The second-order valence-electron chi connectivity index (χ2n) is 8.08. The van der Waals surface area contributed by atoms with Gasteiger partial charge in [0, 0.05) is 6.92 Å². The van der Waals surface area contributed by atoms with Gasteiger partial charge >= 0.3 is 5.97 Å². The van der Waals surface area contributed by atoms with Crippen LogP contribution >= 0.6 is 0 Å². The van der Waals surface area contributed by atoms with Crippen LogP contribution in [0, 0.1) is 5.41 Å². The molecule has 2 heterocycles. The molecule has 31 heavy (non-hydrogen) atoms. The van der Waals surface area contributed by atoms with Crippen molar-refractivity contribution in [3.63, 3.8) is 0 Å². The second kappa shape index (κ2) is 8.99.